The summed E-state index contributed by atoms with van der Waals surface area (Å²) in [7, 11) is 0. The summed E-state index contributed by atoms with van der Waals surface area (Å²) in [4.78, 5) is 0. The van der Waals surface area contributed by atoms with E-state index in [9.17, 15) is 4.39 Å². The maximum atomic E-state index is 12.9. The van der Waals surface area contributed by atoms with E-state index in [0.29, 0.717) is 5.92 Å². The minimum atomic E-state index is -0.156. The molecule has 1 saturated carbocycles. The summed E-state index contributed by atoms with van der Waals surface area (Å²) in [6.45, 7) is 0. The van der Waals surface area contributed by atoms with E-state index < -0.39 is 0 Å². The molecule has 0 radical (unpaired) electrons. The molecule has 0 spiro atoms. The standard InChI is InChI=1S/C12H14BrF/c13-12-8-10(14)6-7-11(12)9-4-2-1-3-5-9/h6-9H,1-5H2. The Hall–Kier alpha value is -0.370. The van der Waals surface area contributed by atoms with Gasteiger partial charge in [0.25, 0.3) is 0 Å². The lowest BCUT2D eigenvalue weighted by Gasteiger charge is -2.22. The van der Waals surface area contributed by atoms with Crippen molar-refractivity contribution in [2.45, 2.75) is 38.0 Å². The molecule has 0 nitrogen and oxygen atoms in total. The van der Waals surface area contributed by atoms with E-state index in [1.165, 1.54) is 37.7 Å². The van der Waals surface area contributed by atoms with E-state index in [1.807, 2.05) is 6.07 Å². The van der Waals surface area contributed by atoms with Gasteiger partial charge in [-0.05, 0) is 36.5 Å². The van der Waals surface area contributed by atoms with Crippen LogP contribution in [0.15, 0.2) is 22.7 Å². The van der Waals surface area contributed by atoms with Crippen LogP contribution in [0, 0.1) is 5.82 Å². The van der Waals surface area contributed by atoms with Gasteiger partial charge in [0.15, 0.2) is 0 Å². The Kier molecular flexibility index (Phi) is 3.22. The van der Waals surface area contributed by atoms with Gasteiger partial charge in [-0.2, -0.15) is 0 Å². The second kappa shape index (κ2) is 4.43. The van der Waals surface area contributed by atoms with E-state index in [1.54, 1.807) is 12.1 Å². The maximum absolute atomic E-state index is 12.9. The Morgan fingerprint density at radius 1 is 1.14 bits per heavy atom. The molecule has 0 saturated heterocycles. The Labute approximate surface area is 92.6 Å². The van der Waals surface area contributed by atoms with Crippen molar-refractivity contribution < 1.29 is 4.39 Å². The molecule has 0 heterocycles. The van der Waals surface area contributed by atoms with Crippen molar-refractivity contribution in [2.24, 2.45) is 0 Å². The average molecular weight is 257 g/mol. The predicted molar refractivity (Wildman–Crippen MR) is 59.9 cm³/mol. The predicted octanol–water partition coefficient (Wildman–Crippen LogP) is 4.64. The van der Waals surface area contributed by atoms with E-state index in [2.05, 4.69) is 15.9 Å². The van der Waals surface area contributed by atoms with Gasteiger partial charge < -0.3 is 0 Å². The van der Waals surface area contributed by atoms with Gasteiger partial charge in [0.2, 0.25) is 0 Å². The SMILES string of the molecule is Fc1ccc(C2CCCCC2)c(Br)c1. The Morgan fingerprint density at radius 3 is 2.50 bits per heavy atom. The van der Waals surface area contributed by atoms with Gasteiger partial charge in [0.1, 0.15) is 5.82 Å². The van der Waals surface area contributed by atoms with Crippen molar-refractivity contribution in [1.82, 2.24) is 0 Å². The summed E-state index contributed by atoms with van der Waals surface area (Å²) in [6, 6.07) is 5.06. The van der Waals surface area contributed by atoms with Crippen molar-refractivity contribution in [3.63, 3.8) is 0 Å². The van der Waals surface area contributed by atoms with Crippen molar-refractivity contribution in [1.29, 1.82) is 0 Å². The smallest absolute Gasteiger partial charge is 0.124 e. The monoisotopic (exact) mass is 256 g/mol. The number of hydrogen-bond acceptors (Lipinski definition) is 0. The highest BCUT2D eigenvalue weighted by atomic mass is 79.9. The summed E-state index contributed by atoms with van der Waals surface area (Å²) in [5, 5.41) is 0. The number of benzene rings is 1. The number of halogens is 2. The number of hydrogen-bond donors (Lipinski definition) is 0. The first-order valence-corrected chi connectivity index (χ1v) is 6.01. The molecule has 0 unspecified atom stereocenters. The first kappa shape index (κ1) is 10.2. The summed E-state index contributed by atoms with van der Waals surface area (Å²) >= 11 is 3.44. The molecule has 1 fully saturated rings. The van der Waals surface area contributed by atoms with Crippen LogP contribution in [0.3, 0.4) is 0 Å². The normalized spacial score (nSPS) is 18.4. The first-order chi connectivity index (χ1) is 6.77. The van der Waals surface area contributed by atoms with Crippen molar-refractivity contribution >= 4 is 15.9 Å². The molecule has 0 atom stereocenters. The second-order valence-corrected chi connectivity index (χ2v) is 4.86. The largest absolute Gasteiger partial charge is 0.207 e. The van der Waals surface area contributed by atoms with E-state index in [-0.39, 0.29) is 5.82 Å². The first-order valence-electron chi connectivity index (χ1n) is 5.22. The molecule has 2 rings (SSSR count). The zero-order valence-electron chi connectivity index (χ0n) is 8.10. The van der Waals surface area contributed by atoms with Crippen LogP contribution in [0.2, 0.25) is 0 Å². The quantitative estimate of drug-likeness (QED) is 0.687. The molecule has 1 aliphatic carbocycles. The lowest BCUT2D eigenvalue weighted by molar-refractivity contribution is 0.442. The van der Waals surface area contributed by atoms with Crippen LogP contribution in [-0.4, -0.2) is 0 Å². The van der Waals surface area contributed by atoms with Gasteiger partial charge in [-0.15, -0.1) is 0 Å². The third-order valence-corrected chi connectivity index (χ3v) is 3.69. The van der Waals surface area contributed by atoms with Crippen LogP contribution in [0.4, 0.5) is 4.39 Å². The highest BCUT2D eigenvalue weighted by molar-refractivity contribution is 9.10. The van der Waals surface area contributed by atoms with Crippen molar-refractivity contribution in [3.8, 4) is 0 Å². The van der Waals surface area contributed by atoms with Crippen molar-refractivity contribution in [3.05, 3.63) is 34.1 Å². The maximum Gasteiger partial charge on any atom is 0.124 e. The summed E-state index contributed by atoms with van der Waals surface area (Å²) in [5.41, 5.74) is 1.28. The van der Waals surface area contributed by atoms with Crippen LogP contribution >= 0.6 is 15.9 Å². The Bertz CT molecular complexity index is 316. The second-order valence-electron chi connectivity index (χ2n) is 4.00. The van der Waals surface area contributed by atoms with Crippen LogP contribution < -0.4 is 0 Å². The Balaban J connectivity index is 2.22. The molecular weight excluding hydrogens is 243 g/mol. The highest BCUT2D eigenvalue weighted by Crippen LogP contribution is 2.36. The molecule has 0 aromatic heterocycles. The fourth-order valence-electron chi connectivity index (χ4n) is 2.25. The van der Waals surface area contributed by atoms with Gasteiger partial charge in [-0.3, -0.25) is 0 Å². The average Bonchev–Trinajstić information content (AvgIpc) is 2.19. The minimum absolute atomic E-state index is 0.156. The number of rotatable bonds is 1. The molecule has 14 heavy (non-hydrogen) atoms. The van der Waals surface area contributed by atoms with Gasteiger partial charge >= 0.3 is 0 Å². The molecule has 1 aromatic carbocycles. The molecule has 0 N–H and O–H groups in total. The van der Waals surface area contributed by atoms with Crippen LogP contribution in [0.1, 0.15) is 43.6 Å². The van der Waals surface area contributed by atoms with Gasteiger partial charge in [-0.25, -0.2) is 4.39 Å². The third-order valence-electron chi connectivity index (χ3n) is 3.01. The fourth-order valence-corrected chi connectivity index (χ4v) is 2.92. The van der Waals surface area contributed by atoms with Crippen LogP contribution in [0.5, 0.6) is 0 Å². The zero-order valence-corrected chi connectivity index (χ0v) is 9.69. The summed E-state index contributed by atoms with van der Waals surface area (Å²) in [6.07, 6.45) is 6.49. The molecule has 0 amide bonds. The topological polar surface area (TPSA) is 0 Å². The Morgan fingerprint density at radius 2 is 1.86 bits per heavy atom. The van der Waals surface area contributed by atoms with Gasteiger partial charge in [-0.1, -0.05) is 41.3 Å². The third kappa shape index (κ3) is 2.17. The van der Waals surface area contributed by atoms with E-state index in [4.69, 9.17) is 0 Å². The van der Waals surface area contributed by atoms with Crippen molar-refractivity contribution in [2.75, 3.05) is 0 Å². The zero-order chi connectivity index (χ0) is 9.97. The molecule has 76 valence electrons. The molecule has 0 bridgehead atoms. The van der Waals surface area contributed by atoms with E-state index >= 15 is 0 Å². The molecule has 1 aliphatic rings. The fraction of sp³-hybridized carbons (Fsp3) is 0.500. The molecule has 0 aliphatic heterocycles. The molecule has 2 heteroatoms. The summed E-state index contributed by atoms with van der Waals surface area (Å²) < 4.78 is 13.8. The molecular formula is C12H14BrF. The van der Waals surface area contributed by atoms with Gasteiger partial charge in [0, 0.05) is 4.47 Å². The van der Waals surface area contributed by atoms with Crippen LogP contribution in [0.25, 0.3) is 0 Å². The lowest BCUT2D eigenvalue weighted by Crippen LogP contribution is -2.05. The lowest BCUT2D eigenvalue weighted by atomic mass is 9.84. The highest BCUT2D eigenvalue weighted by Gasteiger charge is 2.17. The van der Waals surface area contributed by atoms with Gasteiger partial charge in [0.05, 0.1) is 0 Å². The summed E-state index contributed by atoms with van der Waals surface area (Å²) in [5.74, 6) is 0.482. The van der Waals surface area contributed by atoms with E-state index in [0.717, 1.165) is 4.47 Å². The minimum Gasteiger partial charge on any atom is -0.207 e. The molecule has 1 aromatic rings. The van der Waals surface area contributed by atoms with Crippen LogP contribution in [-0.2, 0) is 0 Å².